The first kappa shape index (κ1) is 23.6. The molecule has 2 amide bonds. The predicted octanol–water partition coefficient (Wildman–Crippen LogP) is 5.13. The molecule has 0 spiro atoms. The molecule has 2 aliphatic rings. The summed E-state index contributed by atoms with van der Waals surface area (Å²) in [5, 5.41) is 15.7. The number of carbonyl (C=O) groups is 3. The van der Waals surface area contributed by atoms with Crippen LogP contribution in [0, 0.1) is 5.92 Å². The number of aryl methyl sites for hydroxylation is 2. The standard InChI is InChI=1S/C25H26Cl2N2O4/c26-19-11-15-6-2-4-8-18(15)23(27)22(19)21(30)12-16(24(31)32)13-28-25(33)29-20-10-9-14-5-1-3-7-17(14)20/h1,3,5,7,11,16,20H,2,4,6,8-10,12-13H2,(H,31,32)(H2,28,29,33). The number of benzene rings is 2. The SMILES string of the molecule is O=C(NCC(CC(=O)c1c(Cl)cc2c(c1Cl)CCCC2)C(=O)O)NC1CCc2ccccc21. The van der Waals surface area contributed by atoms with E-state index in [0.717, 1.165) is 55.2 Å². The van der Waals surface area contributed by atoms with Gasteiger partial charge in [-0.3, -0.25) is 9.59 Å². The number of carboxylic acid groups (broad SMARTS) is 1. The fourth-order valence-electron chi connectivity index (χ4n) is 4.78. The normalized spacial score (nSPS) is 17.6. The summed E-state index contributed by atoms with van der Waals surface area (Å²) in [5.74, 6) is -2.69. The maximum absolute atomic E-state index is 13.0. The van der Waals surface area contributed by atoms with Gasteiger partial charge in [0.15, 0.2) is 5.78 Å². The first-order valence-electron chi connectivity index (χ1n) is 11.2. The minimum Gasteiger partial charge on any atom is -0.481 e. The molecule has 4 rings (SSSR count). The summed E-state index contributed by atoms with van der Waals surface area (Å²) in [4.78, 5) is 37.2. The number of fused-ring (bicyclic) bond motifs is 2. The smallest absolute Gasteiger partial charge is 0.315 e. The van der Waals surface area contributed by atoms with Crippen molar-refractivity contribution in [2.24, 2.45) is 5.92 Å². The van der Waals surface area contributed by atoms with Gasteiger partial charge in [-0.25, -0.2) is 4.79 Å². The molecule has 0 aliphatic heterocycles. The van der Waals surface area contributed by atoms with E-state index in [1.807, 2.05) is 24.3 Å². The summed E-state index contributed by atoms with van der Waals surface area (Å²) >= 11 is 12.9. The van der Waals surface area contributed by atoms with Crippen molar-refractivity contribution in [1.29, 1.82) is 0 Å². The van der Waals surface area contributed by atoms with Gasteiger partial charge in [0.05, 0.1) is 27.6 Å². The summed E-state index contributed by atoms with van der Waals surface area (Å²) in [7, 11) is 0. The predicted molar refractivity (Wildman–Crippen MR) is 127 cm³/mol. The highest BCUT2D eigenvalue weighted by Gasteiger charge is 2.28. The highest BCUT2D eigenvalue weighted by Crippen LogP contribution is 2.36. The summed E-state index contributed by atoms with van der Waals surface area (Å²) < 4.78 is 0. The second kappa shape index (κ2) is 10.1. The van der Waals surface area contributed by atoms with Gasteiger partial charge in [0, 0.05) is 13.0 Å². The number of hydrogen-bond acceptors (Lipinski definition) is 3. The molecule has 0 heterocycles. The molecule has 0 saturated heterocycles. The van der Waals surface area contributed by atoms with Crippen LogP contribution in [0.4, 0.5) is 4.79 Å². The molecule has 8 heteroatoms. The maximum Gasteiger partial charge on any atom is 0.315 e. The van der Waals surface area contributed by atoms with Crippen molar-refractivity contribution in [3.8, 4) is 0 Å². The lowest BCUT2D eigenvalue weighted by Crippen LogP contribution is -2.41. The van der Waals surface area contributed by atoms with Crippen molar-refractivity contribution in [3.63, 3.8) is 0 Å². The second-order valence-electron chi connectivity index (χ2n) is 8.70. The van der Waals surface area contributed by atoms with Gasteiger partial charge in [0.2, 0.25) is 0 Å². The highest BCUT2D eigenvalue weighted by molar-refractivity contribution is 6.40. The summed E-state index contributed by atoms with van der Waals surface area (Å²) in [5.41, 5.74) is 4.44. The van der Waals surface area contributed by atoms with Crippen LogP contribution in [-0.2, 0) is 24.1 Å². The van der Waals surface area contributed by atoms with Gasteiger partial charge < -0.3 is 15.7 Å². The number of amides is 2. The van der Waals surface area contributed by atoms with Crippen molar-refractivity contribution in [3.05, 3.63) is 68.2 Å². The molecule has 2 atom stereocenters. The Morgan fingerprint density at radius 1 is 1.06 bits per heavy atom. The van der Waals surface area contributed by atoms with E-state index in [1.54, 1.807) is 6.07 Å². The Kier molecular flexibility index (Phi) is 7.25. The third kappa shape index (κ3) is 5.17. The average molecular weight is 489 g/mol. The fourth-order valence-corrected chi connectivity index (χ4v) is 5.58. The van der Waals surface area contributed by atoms with Crippen LogP contribution in [0.2, 0.25) is 10.0 Å². The van der Waals surface area contributed by atoms with Crippen LogP contribution in [0.15, 0.2) is 30.3 Å². The number of nitrogens with one attached hydrogen (secondary N) is 2. The van der Waals surface area contributed by atoms with E-state index in [0.29, 0.717) is 5.02 Å². The molecule has 0 bridgehead atoms. The van der Waals surface area contributed by atoms with Crippen LogP contribution in [0.25, 0.3) is 0 Å². The topological polar surface area (TPSA) is 95.5 Å². The van der Waals surface area contributed by atoms with Gasteiger partial charge in [0.1, 0.15) is 0 Å². The molecule has 0 aromatic heterocycles. The maximum atomic E-state index is 13.0. The molecule has 2 aromatic carbocycles. The van der Waals surface area contributed by atoms with E-state index in [2.05, 4.69) is 10.6 Å². The Labute approximate surface area is 202 Å². The molecule has 2 unspecified atom stereocenters. The van der Waals surface area contributed by atoms with Crippen LogP contribution in [0.5, 0.6) is 0 Å². The van der Waals surface area contributed by atoms with Crippen LogP contribution in [0.1, 0.15) is 64.3 Å². The van der Waals surface area contributed by atoms with Crippen LogP contribution < -0.4 is 10.6 Å². The van der Waals surface area contributed by atoms with E-state index in [4.69, 9.17) is 23.2 Å². The van der Waals surface area contributed by atoms with Crippen molar-refractivity contribution in [1.82, 2.24) is 10.6 Å². The molecular weight excluding hydrogens is 463 g/mol. The lowest BCUT2D eigenvalue weighted by Gasteiger charge is -2.21. The first-order valence-corrected chi connectivity index (χ1v) is 12.0. The molecule has 0 fully saturated rings. The van der Waals surface area contributed by atoms with Gasteiger partial charge in [0.25, 0.3) is 0 Å². The Morgan fingerprint density at radius 2 is 1.82 bits per heavy atom. The zero-order valence-electron chi connectivity index (χ0n) is 18.1. The largest absolute Gasteiger partial charge is 0.481 e. The minimum absolute atomic E-state index is 0.112. The number of rotatable bonds is 7. The minimum atomic E-state index is -1.17. The molecule has 0 saturated carbocycles. The van der Waals surface area contributed by atoms with Crippen molar-refractivity contribution >= 4 is 41.0 Å². The monoisotopic (exact) mass is 488 g/mol. The molecule has 6 nitrogen and oxygen atoms in total. The molecule has 2 aliphatic carbocycles. The van der Waals surface area contributed by atoms with Gasteiger partial charge in [-0.15, -0.1) is 0 Å². The number of carboxylic acids is 1. The lowest BCUT2D eigenvalue weighted by atomic mass is 9.88. The zero-order valence-corrected chi connectivity index (χ0v) is 19.6. The summed E-state index contributed by atoms with van der Waals surface area (Å²) in [6, 6.07) is 9.13. The van der Waals surface area contributed by atoms with Crippen LogP contribution in [-0.4, -0.2) is 29.4 Å². The fraction of sp³-hybridized carbons (Fsp3) is 0.400. The Hall–Kier alpha value is -2.57. The number of halogens is 2. The third-order valence-corrected chi connectivity index (χ3v) is 7.26. The number of carbonyl (C=O) groups excluding carboxylic acids is 2. The second-order valence-corrected chi connectivity index (χ2v) is 9.48. The summed E-state index contributed by atoms with van der Waals surface area (Å²) in [6.45, 7) is -0.179. The van der Waals surface area contributed by atoms with E-state index in [1.165, 1.54) is 5.56 Å². The average Bonchev–Trinajstić information content (AvgIpc) is 3.19. The molecule has 33 heavy (non-hydrogen) atoms. The number of urea groups is 1. The summed E-state index contributed by atoms with van der Waals surface area (Å²) in [6.07, 6.45) is 5.06. The van der Waals surface area contributed by atoms with E-state index < -0.39 is 23.7 Å². The third-order valence-electron chi connectivity index (χ3n) is 6.54. The van der Waals surface area contributed by atoms with Gasteiger partial charge in [-0.2, -0.15) is 0 Å². The number of ketones is 1. The molecular formula is C25H26Cl2N2O4. The molecule has 3 N–H and O–H groups in total. The van der Waals surface area contributed by atoms with Crippen molar-refractivity contribution in [2.45, 2.75) is 51.0 Å². The quantitative estimate of drug-likeness (QED) is 0.470. The number of aliphatic carboxylic acids is 1. The highest BCUT2D eigenvalue weighted by atomic mass is 35.5. The van der Waals surface area contributed by atoms with Crippen LogP contribution >= 0.6 is 23.2 Å². The van der Waals surface area contributed by atoms with E-state index in [9.17, 15) is 19.5 Å². The van der Waals surface area contributed by atoms with E-state index >= 15 is 0 Å². The Bertz CT molecular complexity index is 1100. The first-order chi connectivity index (χ1) is 15.8. The van der Waals surface area contributed by atoms with Crippen molar-refractivity contribution < 1.29 is 19.5 Å². The Balaban J connectivity index is 1.39. The molecule has 174 valence electrons. The number of Topliss-reactive ketones (excluding diaryl/α,β-unsaturated/α-hetero) is 1. The Morgan fingerprint density at radius 3 is 2.61 bits per heavy atom. The van der Waals surface area contributed by atoms with Crippen LogP contribution in [0.3, 0.4) is 0 Å². The zero-order chi connectivity index (χ0) is 23.5. The van der Waals surface area contributed by atoms with Gasteiger partial charge >= 0.3 is 12.0 Å². The molecule has 0 radical (unpaired) electrons. The van der Waals surface area contributed by atoms with E-state index in [-0.39, 0.29) is 29.6 Å². The van der Waals surface area contributed by atoms with Gasteiger partial charge in [-0.1, -0.05) is 47.5 Å². The van der Waals surface area contributed by atoms with Crippen molar-refractivity contribution in [2.75, 3.05) is 6.54 Å². The number of hydrogen-bond donors (Lipinski definition) is 3. The molecule has 2 aromatic rings. The lowest BCUT2D eigenvalue weighted by molar-refractivity contribution is -0.141. The van der Waals surface area contributed by atoms with Gasteiger partial charge in [-0.05, 0) is 66.8 Å².